The molecule has 1 aliphatic rings. The van der Waals surface area contributed by atoms with E-state index in [9.17, 15) is 9.18 Å². The molecule has 0 bridgehead atoms. The smallest absolute Gasteiger partial charge is 0.307 e. The summed E-state index contributed by atoms with van der Waals surface area (Å²) in [6, 6.07) is 0.833. The number of ether oxygens (including phenoxy) is 1. The second-order valence-electron chi connectivity index (χ2n) is 9.37. The molecule has 3 aromatic rings. The third-order valence-electron chi connectivity index (χ3n) is 5.95. The van der Waals surface area contributed by atoms with Crippen LogP contribution in [0.2, 0.25) is 0 Å². The molecule has 0 aliphatic heterocycles. The molecule has 0 spiro atoms. The van der Waals surface area contributed by atoms with Crippen LogP contribution < -0.4 is 5.32 Å². The number of rotatable bonds is 6. The van der Waals surface area contributed by atoms with Crippen LogP contribution in [0.25, 0.3) is 27.1 Å². The zero-order valence-corrected chi connectivity index (χ0v) is 18.9. The first-order valence-electron chi connectivity index (χ1n) is 10.7. The maximum Gasteiger partial charge on any atom is 0.307 e. The van der Waals surface area contributed by atoms with Gasteiger partial charge < -0.3 is 15.0 Å². The van der Waals surface area contributed by atoms with Crippen LogP contribution >= 0.6 is 0 Å². The fraction of sp³-hybridized carbons (Fsp3) is 0.417. The highest BCUT2D eigenvalue weighted by atomic mass is 19.1. The van der Waals surface area contributed by atoms with Crippen molar-refractivity contribution < 1.29 is 18.3 Å². The maximum atomic E-state index is 15.7. The van der Waals surface area contributed by atoms with Gasteiger partial charge in [0.25, 0.3) is 0 Å². The number of anilines is 1. The van der Waals surface area contributed by atoms with E-state index in [-0.39, 0.29) is 29.5 Å². The number of fused-ring (bicyclic) bond motifs is 1. The van der Waals surface area contributed by atoms with E-state index in [0.29, 0.717) is 22.2 Å². The second-order valence-corrected chi connectivity index (χ2v) is 9.37. The van der Waals surface area contributed by atoms with Gasteiger partial charge >= 0.3 is 5.97 Å². The van der Waals surface area contributed by atoms with Gasteiger partial charge in [-0.05, 0) is 30.2 Å². The Morgan fingerprint density at radius 3 is 2.73 bits per heavy atom. The lowest BCUT2D eigenvalue weighted by Gasteiger charge is -2.31. The molecule has 0 radical (unpaired) electrons. The quantitative estimate of drug-likeness (QED) is 0.368. The second kappa shape index (κ2) is 8.43. The predicted molar refractivity (Wildman–Crippen MR) is 121 cm³/mol. The molecule has 4 rings (SSSR count). The molecule has 3 aromatic heterocycles. The summed E-state index contributed by atoms with van der Waals surface area (Å²) in [5.41, 5.74) is 1.16. The summed E-state index contributed by atoms with van der Waals surface area (Å²) in [5, 5.41) is 3.55. The monoisotopic (exact) mass is 453 g/mol. The molecular formula is C24H25F2N5O2. The SMILES string of the molecule is [C-]#[N+]c1c(-c2c[nH]c3ncc(F)cc23)nc(NC(CC(=O)OC)C(C)(C)C)c(F)c1C1CC1. The summed E-state index contributed by atoms with van der Waals surface area (Å²) >= 11 is 0. The molecule has 0 amide bonds. The normalized spacial score (nSPS) is 14.7. The van der Waals surface area contributed by atoms with Gasteiger partial charge in [-0.1, -0.05) is 20.8 Å². The fourth-order valence-electron chi connectivity index (χ4n) is 3.88. The molecule has 7 nitrogen and oxygen atoms in total. The van der Waals surface area contributed by atoms with E-state index in [0.717, 1.165) is 19.0 Å². The van der Waals surface area contributed by atoms with Gasteiger partial charge in [-0.15, -0.1) is 0 Å². The lowest BCUT2D eigenvalue weighted by Crippen LogP contribution is -2.37. The topological polar surface area (TPSA) is 84.3 Å². The van der Waals surface area contributed by atoms with Crippen molar-refractivity contribution in [2.75, 3.05) is 12.4 Å². The molecule has 1 saturated carbocycles. The highest BCUT2D eigenvalue weighted by Crippen LogP contribution is 2.50. The molecular weight excluding hydrogens is 428 g/mol. The number of carbonyl (C=O) groups is 1. The fourth-order valence-corrected chi connectivity index (χ4v) is 3.88. The zero-order chi connectivity index (χ0) is 23.9. The number of hydrogen-bond donors (Lipinski definition) is 2. The van der Waals surface area contributed by atoms with Crippen LogP contribution in [0.15, 0.2) is 18.5 Å². The Labute approximate surface area is 190 Å². The number of carbonyl (C=O) groups excluding carboxylic acids is 1. The Hall–Kier alpha value is -3.54. The summed E-state index contributed by atoms with van der Waals surface area (Å²) in [6.45, 7) is 13.5. The first kappa shape index (κ1) is 22.6. The predicted octanol–water partition coefficient (Wildman–Crippen LogP) is 5.72. The Balaban J connectivity index is 1.90. The van der Waals surface area contributed by atoms with Gasteiger partial charge in [0.1, 0.15) is 11.5 Å². The van der Waals surface area contributed by atoms with Crippen molar-refractivity contribution in [3.05, 3.63) is 47.1 Å². The molecule has 1 fully saturated rings. The first-order chi connectivity index (χ1) is 15.6. The van der Waals surface area contributed by atoms with Gasteiger partial charge in [0.2, 0.25) is 5.69 Å². The molecule has 1 unspecified atom stereocenters. The maximum absolute atomic E-state index is 15.7. The Bertz CT molecular complexity index is 1270. The number of aromatic amines is 1. The van der Waals surface area contributed by atoms with E-state index >= 15 is 4.39 Å². The van der Waals surface area contributed by atoms with Crippen molar-refractivity contribution in [3.8, 4) is 11.3 Å². The number of esters is 1. The van der Waals surface area contributed by atoms with E-state index in [4.69, 9.17) is 11.3 Å². The van der Waals surface area contributed by atoms with Crippen molar-refractivity contribution in [2.24, 2.45) is 5.41 Å². The molecule has 0 aromatic carbocycles. The zero-order valence-electron chi connectivity index (χ0n) is 18.9. The highest BCUT2D eigenvalue weighted by Gasteiger charge is 2.35. The Morgan fingerprint density at radius 2 is 2.12 bits per heavy atom. The molecule has 9 heteroatoms. The minimum atomic E-state index is -0.587. The minimum absolute atomic E-state index is 0.0159. The largest absolute Gasteiger partial charge is 0.469 e. The van der Waals surface area contributed by atoms with Crippen molar-refractivity contribution >= 4 is 28.5 Å². The molecule has 2 N–H and O–H groups in total. The van der Waals surface area contributed by atoms with Gasteiger partial charge in [0.15, 0.2) is 11.6 Å². The molecule has 0 saturated heterocycles. The average Bonchev–Trinajstić information content (AvgIpc) is 3.52. The van der Waals surface area contributed by atoms with Gasteiger partial charge in [-0.2, -0.15) is 0 Å². The number of pyridine rings is 2. The summed E-state index contributed by atoms with van der Waals surface area (Å²) < 4.78 is 34.5. The van der Waals surface area contributed by atoms with Crippen LogP contribution in [-0.4, -0.2) is 34.1 Å². The van der Waals surface area contributed by atoms with Crippen molar-refractivity contribution in [1.29, 1.82) is 0 Å². The lowest BCUT2D eigenvalue weighted by molar-refractivity contribution is -0.141. The molecule has 33 heavy (non-hydrogen) atoms. The van der Waals surface area contributed by atoms with E-state index in [1.807, 2.05) is 20.8 Å². The van der Waals surface area contributed by atoms with Gasteiger partial charge in [0, 0.05) is 28.8 Å². The number of halogens is 2. The third kappa shape index (κ3) is 4.38. The number of aromatic nitrogens is 3. The van der Waals surface area contributed by atoms with Crippen LogP contribution in [0.4, 0.5) is 20.3 Å². The van der Waals surface area contributed by atoms with Crippen LogP contribution in [0, 0.1) is 23.6 Å². The Morgan fingerprint density at radius 1 is 1.39 bits per heavy atom. The summed E-state index contributed by atoms with van der Waals surface area (Å²) in [7, 11) is 1.30. The third-order valence-corrected chi connectivity index (χ3v) is 5.95. The van der Waals surface area contributed by atoms with Crippen LogP contribution in [0.5, 0.6) is 0 Å². The van der Waals surface area contributed by atoms with Crippen molar-refractivity contribution in [3.63, 3.8) is 0 Å². The van der Waals surface area contributed by atoms with E-state index in [1.54, 1.807) is 6.20 Å². The number of H-pyrrole nitrogens is 1. The first-order valence-corrected chi connectivity index (χ1v) is 10.7. The van der Waals surface area contributed by atoms with Crippen LogP contribution in [0.3, 0.4) is 0 Å². The number of nitrogens with zero attached hydrogens (tertiary/aromatic N) is 3. The summed E-state index contributed by atoms with van der Waals surface area (Å²) in [5.74, 6) is -1.66. The summed E-state index contributed by atoms with van der Waals surface area (Å²) in [6.07, 6.45) is 4.26. The van der Waals surface area contributed by atoms with E-state index in [1.165, 1.54) is 13.2 Å². The summed E-state index contributed by atoms with van der Waals surface area (Å²) in [4.78, 5) is 27.1. The van der Waals surface area contributed by atoms with Gasteiger partial charge in [-0.3, -0.25) is 4.79 Å². The number of nitrogens with one attached hydrogen (secondary N) is 2. The molecule has 1 atom stereocenters. The average molecular weight is 453 g/mol. The van der Waals surface area contributed by atoms with E-state index < -0.39 is 29.1 Å². The van der Waals surface area contributed by atoms with Crippen molar-refractivity contribution in [1.82, 2.24) is 15.0 Å². The van der Waals surface area contributed by atoms with Gasteiger partial charge in [-0.25, -0.2) is 23.6 Å². The Kier molecular flexibility index (Phi) is 5.78. The molecule has 3 heterocycles. The molecule has 1 aliphatic carbocycles. The highest BCUT2D eigenvalue weighted by molar-refractivity contribution is 5.97. The standard InChI is InChI=1S/C24H25F2N5O2/c1-24(2,3)16(9-17(32)33-5)30-23-19(26)18(12-6-7-12)21(27-4)20(31-23)15-11-29-22-14(15)8-13(25)10-28-22/h8,10-12,16H,6-7,9H2,1-3,5H3,(H,28,29)(H,30,31). The number of methoxy groups -OCH3 is 1. The molecule has 172 valence electrons. The lowest BCUT2D eigenvalue weighted by atomic mass is 9.84. The van der Waals surface area contributed by atoms with E-state index in [2.05, 4.69) is 25.1 Å². The minimum Gasteiger partial charge on any atom is -0.469 e. The van der Waals surface area contributed by atoms with Crippen molar-refractivity contribution in [2.45, 2.75) is 52.0 Å². The number of hydrogen-bond acceptors (Lipinski definition) is 5. The van der Waals surface area contributed by atoms with Crippen LogP contribution in [0.1, 0.15) is 51.5 Å². The van der Waals surface area contributed by atoms with Crippen LogP contribution in [-0.2, 0) is 9.53 Å². The van der Waals surface area contributed by atoms with Gasteiger partial charge in [0.05, 0.1) is 32.0 Å².